The summed E-state index contributed by atoms with van der Waals surface area (Å²) in [7, 11) is 0. The normalized spacial score (nSPS) is 26.6. The predicted octanol–water partition coefficient (Wildman–Crippen LogP) is 3.96. The van der Waals surface area contributed by atoms with Gasteiger partial charge in [0.15, 0.2) is 0 Å². The maximum atomic E-state index is 6.18. The number of hydrogen-bond donors (Lipinski definition) is 1. The Morgan fingerprint density at radius 2 is 2.20 bits per heavy atom. The van der Waals surface area contributed by atoms with E-state index >= 15 is 0 Å². The average molecular weight is 262 g/mol. The van der Waals surface area contributed by atoms with Crippen molar-refractivity contribution in [1.29, 1.82) is 0 Å². The Morgan fingerprint density at radius 1 is 1.40 bits per heavy atom. The molecule has 1 heterocycles. The number of hydrogen-bond acceptors (Lipinski definition) is 2. The van der Waals surface area contributed by atoms with Crippen molar-refractivity contribution in [2.45, 2.75) is 12.3 Å². The van der Waals surface area contributed by atoms with Crippen LogP contribution in [0.1, 0.15) is 17.9 Å². The minimum atomic E-state index is 0.285. The van der Waals surface area contributed by atoms with Crippen molar-refractivity contribution in [1.82, 2.24) is 5.32 Å². The van der Waals surface area contributed by atoms with E-state index in [0.717, 1.165) is 18.0 Å². The third-order valence-electron chi connectivity index (χ3n) is 2.46. The van der Waals surface area contributed by atoms with E-state index in [2.05, 4.69) is 12.2 Å². The molecule has 1 nitrogen and oxygen atoms in total. The van der Waals surface area contributed by atoms with Crippen molar-refractivity contribution in [2.24, 2.45) is 5.92 Å². The Kier molecular flexibility index (Phi) is 3.83. The van der Waals surface area contributed by atoms with Crippen LogP contribution in [0.5, 0.6) is 0 Å². The summed E-state index contributed by atoms with van der Waals surface area (Å²) in [4.78, 5) is 0. The summed E-state index contributed by atoms with van der Waals surface area (Å²) in [5, 5.41) is 5.07. The standard InChI is InChI=1S/C11H13Cl2NS/c1-7-5-14-11(15-6-7)8-3-2-4-9(12)10(8)13/h2-4,7,11,14H,5-6H2,1H3. The van der Waals surface area contributed by atoms with Gasteiger partial charge in [-0.1, -0.05) is 42.3 Å². The largest absolute Gasteiger partial charge is 0.301 e. The zero-order valence-corrected chi connectivity index (χ0v) is 10.8. The highest BCUT2D eigenvalue weighted by Gasteiger charge is 2.21. The van der Waals surface area contributed by atoms with Crippen LogP contribution in [0.3, 0.4) is 0 Å². The van der Waals surface area contributed by atoms with Gasteiger partial charge in [0.25, 0.3) is 0 Å². The number of benzene rings is 1. The Hall–Kier alpha value is 0.110. The first-order valence-corrected chi connectivity index (χ1v) is 6.78. The van der Waals surface area contributed by atoms with Crippen LogP contribution in [0.4, 0.5) is 0 Å². The molecular weight excluding hydrogens is 249 g/mol. The van der Waals surface area contributed by atoms with Crippen molar-refractivity contribution < 1.29 is 0 Å². The maximum absolute atomic E-state index is 6.18. The smallest absolute Gasteiger partial charge is 0.0804 e. The second kappa shape index (κ2) is 4.96. The summed E-state index contributed by atoms with van der Waals surface area (Å²) in [6, 6.07) is 5.81. The van der Waals surface area contributed by atoms with Crippen LogP contribution in [0, 0.1) is 5.92 Å². The van der Waals surface area contributed by atoms with Crippen LogP contribution in [-0.2, 0) is 0 Å². The maximum Gasteiger partial charge on any atom is 0.0804 e. The average Bonchev–Trinajstić information content (AvgIpc) is 2.24. The van der Waals surface area contributed by atoms with Gasteiger partial charge >= 0.3 is 0 Å². The first kappa shape index (κ1) is 11.6. The van der Waals surface area contributed by atoms with E-state index in [4.69, 9.17) is 23.2 Å². The van der Waals surface area contributed by atoms with E-state index in [-0.39, 0.29) is 5.37 Å². The molecule has 1 aromatic rings. The van der Waals surface area contributed by atoms with Crippen molar-refractivity contribution in [3.05, 3.63) is 33.8 Å². The minimum Gasteiger partial charge on any atom is -0.301 e. The van der Waals surface area contributed by atoms with Crippen molar-refractivity contribution in [3.63, 3.8) is 0 Å². The van der Waals surface area contributed by atoms with Gasteiger partial charge in [-0.3, -0.25) is 0 Å². The fraction of sp³-hybridized carbons (Fsp3) is 0.455. The molecule has 82 valence electrons. The van der Waals surface area contributed by atoms with Gasteiger partial charge in [-0.25, -0.2) is 0 Å². The van der Waals surface area contributed by atoms with Gasteiger partial charge in [0, 0.05) is 0 Å². The predicted molar refractivity (Wildman–Crippen MR) is 68.8 cm³/mol. The molecule has 1 fully saturated rings. The highest BCUT2D eigenvalue weighted by atomic mass is 35.5. The number of halogens is 2. The lowest BCUT2D eigenvalue weighted by Crippen LogP contribution is -2.31. The van der Waals surface area contributed by atoms with Crippen LogP contribution in [-0.4, -0.2) is 12.3 Å². The highest BCUT2D eigenvalue weighted by molar-refractivity contribution is 7.99. The van der Waals surface area contributed by atoms with Gasteiger partial charge < -0.3 is 5.32 Å². The Labute approximate surface area is 105 Å². The highest BCUT2D eigenvalue weighted by Crippen LogP contribution is 2.37. The second-order valence-corrected chi connectivity index (χ2v) is 5.79. The summed E-state index contributed by atoms with van der Waals surface area (Å²) in [6.07, 6.45) is 0. The van der Waals surface area contributed by atoms with Crippen LogP contribution in [0.2, 0.25) is 10.0 Å². The third kappa shape index (κ3) is 2.62. The first-order chi connectivity index (χ1) is 7.18. The molecule has 1 saturated heterocycles. The molecule has 1 N–H and O–H groups in total. The van der Waals surface area contributed by atoms with E-state index in [9.17, 15) is 0 Å². The van der Waals surface area contributed by atoms with Crippen LogP contribution in [0.15, 0.2) is 18.2 Å². The molecule has 15 heavy (non-hydrogen) atoms. The lowest BCUT2D eigenvalue weighted by atomic mass is 10.2. The second-order valence-electron chi connectivity index (χ2n) is 3.87. The molecular formula is C11H13Cl2NS. The number of thioether (sulfide) groups is 1. The summed E-state index contributed by atoms with van der Waals surface area (Å²) >= 11 is 14.1. The molecule has 0 aliphatic carbocycles. The fourth-order valence-corrected chi connectivity index (χ4v) is 3.32. The van der Waals surface area contributed by atoms with Crippen LogP contribution >= 0.6 is 35.0 Å². The monoisotopic (exact) mass is 261 g/mol. The molecule has 0 saturated carbocycles. The molecule has 0 bridgehead atoms. The quantitative estimate of drug-likeness (QED) is 0.822. The molecule has 1 aromatic carbocycles. The van der Waals surface area contributed by atoms with Crippen LogP contribution in [0.25, 0.3) is 0 Å². The van der Waals surface area contributed by atoms with Gasteiger partial charge in [0.1, 0.15) is 0 Å². The Balaban J connectivity index is 2.19. The lowest BCUT2D eigenvalue weighted by molar-refractivity contribution is 0.529. The van der Waals surface area contributed by atoms with E-state index in [1.807, 2.05) is 30.0 Å². The summed E-state index contributed by atoms with van der Waals surface area (Å²) < 4.78 is 0. The van der Waals surface area contributed by atoms with Crippen LogP contribution < -0.4 is 5.32 Å². The fourth-order valence-electron chi connectivity index (χ4n) is 1.61. The van der Waals surface area contributed by atoms with Crippen molar-refractivity contribution >= 4 is 35.0 Å². The molecule has 0 spiro atoms. The minimum absolute atomic E-state index is 0.285. The summed E-state index contributed by atoms with van der Waals surface area (Å²) in [5.41, 5.74) is 1.10. The van der Waals surface area contributed by atoms with E-state index in [1.54, 1.807) is 0 Å². The molecule has 0 aromatic heterocycles. The lowest BCUT2D eigenvalue weighted by Gasteiger charge is -2.28. The Morgan fingerprint density at radius 3 is 2.87 bits per heavy atom. The molecule has 1 aliphatic heterocycles. The SMILES string of the molecule is CC1CNC(c2cccc(Cl)c2Cl)SC1. The van der Waals surface area contributed by atoms with Crippen molar-refractivity contribution in [3.8, 4) is 0 Å². The van der Waals surface area contributed by atoms with E-state index in [1.165, 1.54) is 5.75 Å². The Bertz CT molecular complexity index is 348. The van der Waals surface area contributed by atoms with E-state index in [0.29, 0.717) is 10.0 Å². The molecule has 0 radical (unpaired) electrons. The first-order valence-electron chi connectivity index (χ1n) is 4.97. The summed E-state index contributed by atoms with van der Waals surface area (Å²) in [5.74, 6) is 1.89. The zero-order chi connectivity index (χ0) is 10.8. The number of rotatable bonds is 1. The van der Waals surface area contributed by atoms with E-state index < -0.39 is 0 Å². The zero-order valence-electron chi connectivity index (χ0n) is 8.47. The van der Waals surface area contributed by atoms with Crippen molar-refractivity contribution in [2.75, 3.05) is 12.3 Å². The third-order valence-corrected chi connectivity index (χ3v) is 4.81. The molecule has 2 rings (SSSR count). The topological polar surface area (TPSA) is 12.0 Å². The van der Waals surface area contributed by atoms with Gasteiger partial charge in [-0.2, -0.15) is 0 Å². The molecule has 0 amide bonds. The van der Waals surface area contributed by atoms with Gasteiger partial charge in [0.05, 0.1) is 15.4 Å². The number of nitrogens with one attached hydrogen (secondary N) is 1. The van der Waals surface area contributed by atoms with Gasteiger partial charge in [-0.15, -0.1) is 11.8 Å². The summed E-state index contributed by atoms with van der Waals surface area (Å²) in [6.45, 7) is 3.29. The molecule has 2 unspecified atom stereocenters. The molecule has 4 heteroatoms. The molecule has 2 atom stereocenters. The molecule has 1 aliphatic rings. The van der Waals surface area contributed by atoms with Gasteiger partial charge in [0.2, 0.25) is 0 Å². The van der Waals surface area contributed by atoms with Gasteiger partial charge in [-0.05, 0) is 29.8 Å².